The molecular weight excluding hydrogens is 250 g/mol. The summed E-state index contributed by atoms with van der Waals surface area (Å²) in [7, 11) is 1.72. The molecule has 0 aliphatic rings. The molecule has 114 valence electrons. The summed E-state index contributed by atoms with van der Waals surface area (Å²) in [6, 6.07) is 6.84. The molecule has 0 bridgehead atoms. The molecule has 0 heterocycles. The van der Waals surface area contributed by atoms with Gasteiger partial charge in [-0.3, -0.25) is 0 Å². The van der Waals surface area contributed by atoms with Gasteiger partial charge in [0, 0.05) is 20.2 Å². The van der Waals surface area contributed by atoms with Crippen molar-refractivity contribution >= 4 is 0 Å². The first-order chi connectivity index (χ1) is 9.81. The van der Waals surface area contributed by atoms with Gasteiger partial charge in [-0.25, -0.2) is 0 Å². The van der Waals surface area contributed by atoms with Crippen LogP contribution >= 0.6 is 0 Å². The largest absolute Gasteiger partial charge is 0.383 e. The van der Waals surface area contributed by atoms with Crippen LogP contribution in [0.25, 0.3) is 0 Å². The molecule has 0 atom stereocenters. The van der Waals surface area contributed by atoms with E-state index in [1.54, 1.807) is 7.11 Å². The summed E-state index contributed by atoms with van der Waals surface area (Å²) in [4.78, 5) is 0. The third-order valence-electron chi connectivity index (χ3n) is 3.48. The molecule has 0 aromatic heterocycles. The number of aryl methyl sites for hydroxylation is 2. The van der Waals surface area contributed by atoms with Crippen LogP contribution in [-0.2, 0) is 28.7 Å². The van der Waals surface area contributed by atoms with Crippen molar-refractivity contribution in [1.82, 2.24) is 5.32 Å². The lowest BCUT2D eigenvalue weighted by molar-refractivity contribution is 0.135. The van der Waals surface area contributed by atoms with E-state index < -0.39 is 0 Å². The maximum Gasteiger partial charge on any atom is 0.0591 e. The van der Waals surface area contributed by atoms with Crippen molar-refractivity contribution in [1.29, 1.82) is 0 Å². The van der Waals surface area contributed by atoms with Gasteiger partial charge in [0.25, 0.3) is 0 Å². The maximum atomic E-state index is 5.69. The summed E-state index contributed by atoms with van der Waals surface area (Å²) in [5, 5.41) is 3.28. The SMILES string of the molecule is CCc1ccc(CC)c(CCOCCNCCOC)c1. The Labute approximate surface area is 123 Å². The van der Waals surface area contributed by atoms with E-state index in [1.807, 2.05) is 0 Å². The number of nitrogens with one attached hydrogen (secondary N) is 1. The Bertz CT molecular complexity index is 366. The number of hydrogen-bond donors (Lipinski definition) is 1. The molecule has 0 radical (unpaired) electrons. The lowest BCUT2D eigenvalue weighted by atomic mass is 9.99. The minimum Gasteiger partial charge on any atom is -0.383 e. The highest BCUT2D eigenvalue weighted by molar-refractivity contribution is 5.32. The van der Waals surface area contributed by atoms with E-state index >= 15 is 0 Å². The molecule has 0 amide bonds. The summed E-state index contributed by atoms with van der Waals surface area (Å²) in [5.41, 5.74) is 4.31. The predicted molar refractivity (Wildman–Crippen MR) is 84.5 cm³/mol. The zero-order chi connectivity index (χ0) is 14.6. The molecule has 0 unspecified atom stereocenters. The van der Waals surface area contributed by atoms with Crippen molar-refractivity contribution < 1.29 is 9.47 Å². The average molecular weight is 279 g/mol. The van der Waals surface area contributed by atoms with Crippen molar-refractivity contribution in [3.8, 4) is 0 Å². The minimum absolute atomic E-state index is 0.754. The lowest BCUT2D eigenvalue weighted by Crippen LogP contribution is -2.23. The Morgan fingerprint density at radius 2 is 1.75 bits per heavy atom. The van der Waals surface area contributed by atoms with Crippen molar-refractivity contribution in [2.75, 3.05) is 40.0 Å². The molecule has 0 saturated carbocycles. The van der Waals surface area contributed by atoms with E-state index in [0.29, 0.717) is 0 Å². The number of hydrogen-bond acceptors (Lipinski definition) is 3. The molecule has 1 N–H and O–H groups in total. The maximum absolute atomic E-state index is 5.69. The summed E-state index contributed by atoms with van der Waals surface area (Å²) in [5.74, 6) is 0. The number of rotatable bonds is 11. The Hall–Kier alpha value is -0.900. The molecule has 1 aromatic rings. The monoisotopic (exact) mass is 279 g/mol. The molecule has 0 fully saturated rings. The quantitative estimate of drug-likeness (QED) is 0.632. The predicted octanol–water partition coefficient (Wildman–Crippen LogP) is 2.61. The van der Waals surface area contributed by atoms with Crippen molar-refractivity contribution in [3.63, 3.8) is 0 Å². The van der Waals surface area contributed by atoms with Gasteiger partial charge in [-0.05, 0) is 36.0 Å². The van der Waals surface area contributed by atoms with Crippen LogP contribution in [0.2, 0.25) is 0 Å². The second kappa shape index (κ2) is 10.8. The van der Waals surface area contributed by atoms with Crippen molar-refractivity contribution in [3.05, 3.63) is 34.9 Å². The highest BCUT2D eigenvalue weighted by Crippen LogP contribution is 2.14. The van der Waals surface area contributed by atoms with Gasteiger partial charge >= 0.3 is 0 Å². The highest BCUT2D eigenvalue weighted by atomic mass is 16.5. The first-order valence-electron chi connectivity index (χ1n) is 7.69. The second-order valence-corrected chi connectivity index (χ2v) is 4.92. The van der Waals surface area contributed by atoms with E-state index in [9.17, 15) is 0 Å². The highest BCUT2D eigenvalue weighted by Gasteiger charge is 2.02. The standard InChI is InChI=1S/C17H29NO2/c1-4-15-6-7-16(5-2)17(14-15)8-11-20-13-10-18-9-12-19-3/h6-7,14,18H,4-5,8-13H2,1-3H3. The van der Waals surface area contributed by atoms with Crippen molar-refractivity contribution in [2.45, 2.75) is 33.1 Å². The van der Waals surface area contributed by atoms with Gasteiger partial charge in [-0.2, -0.15) is 0 Å². The first-order valence-corrected chi connectivity index (χ1v) is 7.69. The number of benzene rings is 1. The Balaban J connectivity index is 2.24. The number of methoxy groups -OCH3 is 1. The zero-order valence-electron chi connectivity index (χ0n) is 13.2. The molecule has 1 rings (SSSR count). The number of ether oxygens (including phenoxy) is 2. The Morgan fingerprint density at radius 3 is 2.45 bits per heavy atom. The Morgan fingerprint density at radius 1 is 0.950 bits per heavy atom. The Kier molecular flexibility index (Phi) is 9.29. The van der Waals surface area contributed by atoms with E-state index in [0.717, 1.165) is 52.2 Å². The molecule has 3 heteroatoms. The summed E-state index contributed by atoms with van der Waals surface area (Å²) in [6.45, 7) is 8.50. The molecule has 0 spiro atoms. The van der Waals surface area contributed by atoms with Gasteiger partial charge in [0.2, 0.25) is 0 Å². The van der Waals surface area contributed by atoms with E-state index in [-0.39, 0.29) is 0 Å². The van der Waals surface area contributed by atoms with Crippen LogP contribution in [-0.4, -0.2) is 40.0 Å². The summed E-state index contributed by atoms with van der Waals surface area (Å²) in [6.07, 6.45) is 3.20. The van der Waals surface area contributed by atoms with Crippen LogP contribution in [0.1, 0.15) is 30.5 Å². The normalized spacial score (nSPS) is 10.9. The van der Waals surface area contributed by atoms with Gasteiger partial charge in [-0.1, -0.05) is 32.0 Å². The smallest absolute Gasteiger partial charge is 0.0591 e. The van der Waals surface area contributed by atoms with Crippen LogP contribution in [0.5, 0.6) is 0 Å². The van der Waals surface area contributed by atoms with Crippen LogP contribution in [0.4, 0.5) is 0 Å². The molecule has 0 aliphatic heterocycles. The van der Waals surface area contributed by atoms with E-state index in [2.05, 4.69) is 37.4 Å². The van der Waals surface area contributed by atoms with Gasteiger partial charge < -0.3 is 14.8 Å². The summed E-state index contributed by atoms with van der Waals surface area (Å²) < 4.78 is 10.7. The molecule has 3 nitrogen and oxygen atoms in total. The molecule has 1 aromatic carbocycles. The summed E-state index contributed by atoms with van der Waals surface area (Å²) >= 11 is 0. The van der Waals surface area contributed by atoms with Crippen LogP contribution in [0.3, 0.4) is 0 Å². The molecule has 0 aliphatic carbocycles. The van der Waals surface area contributed by atoms with Gasteiger partial charge in [0.15, 0.2) is 0 Å². The fourth-order valence-electron chi connectivity index (χ4n) is 2.20. The fraction of sp³-hybridized carbons (Fsp3) is 0.647. The van der Waals surface area contributed by atoms with Gasteiger partial charge in [0.1, 0.15) is 0 Å². The van der Waals surface area contributed by atoms with Crippen molar-refractivity contribution in [2.24, 2.45) is 0 Å². The van der Waals surface area contributed by atoms with Crippen LogP contribution in [0.15, 0.2) is 18.2 Å². The zero-order valence-corrected chi connectivity index (χ0v) is 13.2. The first kappa shape index (κ1) is 17.2. The average Bonchev–Trinajstić information content (AvgIpc) is 2.49. The minimum atomic E-state index is 0.754. The molecule has 0 saturated heterocycles. The van der Waals surface area contributed by atoms with Crippen LogP contribution in [0, 0.1) is 0 Å². The van der Waals surface area contributed by atoms with Gasteiger partial charge in [0.05, 0.1) is 19.8 Å². The topological polar surface area (TPSA) is 30.5 Å². The van der Waals surface area contributed by atoms with Gasteiger partial charge in [-0.15, -0.1) is 0 Å². The second-order valence-electron chi connectivity index (χ2n) is 4.92. The van der Waals surface area contributed by atoms with Crippen LogP contribution < -0.4 is 5.32 Å². The lowest BCUT2D eigenvalue weighted by Gasteiger charge is -2.11. The van der Waals surface area contributed by atoms with E-state index in [1.165, 1.54) is 16.7 Å². The third kappa shape index (κ3) is 6.51. The van der Waals surface area contributed by atoms with E-state index in [4.69, 9.17) is 9.47 Å². The third-order valence-corrected chi connectivity index (χ3v) is 3.48. The molecular formula is C17H29NO2. The fourth-order valence-corrected chi connectivity index (χ4v) is 2.20. The molecule has 20 heavy (non-hydrogen) atoms.